The molecule has 4 aromatic heterocycles. The Morgan fingerprint density at radius 3 is 2.43 bits per heavy atom. The van der Waals surface area contributed by atoms with Gasteiger partial charge in [-0.25, -0.2) is 23.7 Å². The molecule has 0 unspecified atom stereocenters. The highest BCUT2D eigenvalue weighted by Crippen LogP contribution is 2.40. The molecule has 0 aliphatic carbocycles. The number of imidazole rings is 1. The average molecular weight is 478 g/mol. The smallest absolute Gasteiger partial charge is 0.191 e. The summed E-state index contributed by atoms with van der Waals surface area (Å²) in [5, 5.41) is 4.16. The van der Waals surface area contributed by atoms with Crippen molar-refractivity contribution >= 4 is 22.7 Å². The number of hydrogen-bond donors (Lipinski definition) is 1. The summed E-state index contributed by atoms with van der Waals surface area (Å²) in [4.78, 5) is 22.1. The van der Waals surface area contributed by atoms with Gasteiger partial charge < -0.3 is 19.4 Å². The highest BCUT2D eigenvalue weighted by molar-refractivity contribution is 5.77. The zero-order chi connectivity index (χ0) is 24.5. The van der Waals surface area contributed by atoms with E-state index in [2.05, 4.69) is 30.0 Å². The fourth-order valence-electron chi connectivity index (χ4n) is 3.65. The molecular formula is C23H20F2N8O2. The fraction of sp³-hybridized carbons (Fsp3) is 0.174. The third-order valence-corrected chi connectivity index (χ3v) is 5.35. The number of aromatic amines is 1. The second kappa shape index (κ2) is 8.97. The van der Waals surface area contributed by atoms with Crippen LogP contribution in [0.3, 0.4) is 0 Å². The molecule has 4 heterocycles. The molecule has 178 valence electrons. The zero-order valence-corrected chi connectivity index (χ0v) is 19.0. The first kappa shape index (κ1) is 22.2. The van der Waals surface area contributed by atoms with Crippen LogP contribution >= 0.6 is 0 Å². The van der Waals surface area contributed by atoms with E-state index in [9.17, 15) is 0 Å². The number of nitrogens with one attached hydrogen (secondary N) is 1. The summed E-state index contributed by atoms with van der Waals surface area (Å²) in [6.07, 6.45) is 8.25. The minimum atomic E-state index is -0.908. The van der Waals surface area contributed by atoms with Crippen molar-refractivity contribution in [2.75, 3.05) is 19.1 Å². The number of aryl methyl sites for hydroxylation is 1. The molecular weight excluding hydrogens is 458 g/mol. The first-order chi connectivity index (χ1) is 17.0. The number of anilines is 2. The van der Waals surface area contributed by atoms with Gasteiger partial charge in [0.25, 0.3) is 0 Å². The van der Waals surface area contributed by atoms with Crippen LogP contribution in [0.15, 0.2) is 49.2 Å². The number of H-pyrrole nitrogens is 1. The summed E-state index contributed by atoms with van der Waals surface area (Å²) in [5.74, 6) is -1.49. The van der Waals surface area contributed by atoms with Gasteiger partial charge in [-0.1, -0.05) is 0 Å². The number of ether oxygens (including phenoxy) is 2. The quantitative estimate of drug-likeness (QED) is 0.377. The predicted molar refractivity (Wildman–Crippen MR) is 123 cm³/mol. The summed E-state index contributed by atoms with van der Waals surface area (Å²) >= 11 is 0. The summed E-state index contributed by atoms with van der Waals surface area (Å²) < 4.78 is 42.8. The second-order valence-electron chi connectivity index (χ2n) is 7.55. The van der Waals surface area contributed by atoms with Gasteiger partial charge in [-0.3, -0.25) is 9.67 Å². The Bertz CT molecular complexity index is 1480. The van der Waals surface area contributed by atoms with E-state index >= 15 is 8.78 Å². The second-order valence-corrected chi connectivity index (χ2v) is 7.55. The highest BCUT2D eigenvalue weighted by Gasteiger charge is 2.27. The Morgan fingerprint density at radius 2 is 1.80 bits per heavy atom. The molecule has 35 heavy (non-hydrogen) atoms. The number of methoxy groups -OCH3 is 2. The Morgan fingerprint density at radius 1 is 1.03 bits per heavy atom. The predicted octanol–water partition coefficient (Wildman–Crippen LogP) is 3.78. The normalized spacial score (nSPS) is 11.1. The van der Waals surface area contributed by atoms with E-state index in [-0.39, 0.29) is 23.9 Å². The number of rotatable bonds is 7. The highest BCUT2D eigenvalue weighted by atomic mass is 19.1. The molecule has 12 heteroatoms. The van der Waals surface area contributed by atoms with Gasteiger partial charge >= 0.3 is 0 Å². The number of nitrogens with zero attached hydrogens (tertiary/aromatic N) is 7. The molecule has 5 aromatic rings. The van der Waals surface area contributed by atoms with Crippen LogP contribution in [0.4, 0.5) is 20.3 Å². The van der Waals surface area contributed by atoms with Crippen molar-refractivity contribution in [2.24, 2.45) is 7.05 Å². The number of benzene rings is 1. The van der Waals surface area contributed by atoms with Gasteiger partial charge in [-0.05, 0) is 12.1 Å². The van der Waals surface area contributed by atoms with Crippen LogP contribution in [0, 0.1) is 11.6 Å². The maximum absolute atomic E-state index is 15.5. The van der Waals surface area contributed by atoms with Crippen molar-refractivity contribution < 1.29 is 18.3 Å². The Hall–Kier alpha value is -4.61. The van der Waals surface area contributed by atoms with Crippen LogP contribution in [-0.2, 0) is 13.6 Å². The Kier molecular flexibility index (Phi) is 5.69. The molecule has 0 aliphatic rings. The van der Waals surface area contributed by atoms with Crippen LogP contribution in [0.2, 0.25) is 0 Å². The molecule has 0 saturated carbocycles. The molecule has 5 rings (SSSR count). The SMILES string of the molecule is COc1cc(OC)c(F)c(N(Cc2ncc[nH]2)c2ccc3ncc(-c4cnn(C)c4)nc3n2)c1F. The standard InChI is InChI=1S/C23H20F2N8O2/c1-32-11-13(9-29-32)15-10-28-14-4-5-19(31-23(14)30-15)33(12-18-26-6-7-27-18)22-20(24)16(34-2)8-17(35-3)21(22)25/h4-11H,12H2,1-3H3,(H,26,27). The van der Waals surface area contributed by atoms with E-state index < -0.39 is 17.3 Å². The van der Waals surface area contributed by atoms with E-state index in [1.54, 1.807) is 54.8 Å². The summed E-state index contributed by atoms with van der Waals surface area (Å²) in [7, 11) is 4.38. The Balaban J connectivity index is 1.68. The number of halogens is 2. The van der Waals surface area contributed by atoms with Gasteiger partial charge in [0, 0.05) is 37.3 Å². The van der Waals surface area contributed by atoms with Gasteiger partial charge in [0.15, 0.2) is 28.8 Å². The van der Waals surface area contributed by atoms with E-state index in [0.717, 1.165) is 11.6 Å². The van der Waals surface area contributed by atoms with Gasteiger partial charge in [0.05, 0.1) is 38.9 Å². The van der Waals surface area contributed by atoms with Crippen molar-refractivity contribution in [3.63, 3.8) is 0 Å². The summed E-state index contributed by atoms with van der Waals surface area (Å²) in [6.45, 7) is -0.0224. The monoisotopic (exact) mass is 478 g/mol. The summed E-state index contributed by atoms with van der Waals surface area (Å²) in [6, 6.07) is 4.44. The largest absolute Gasteiger partial charge is 0.493 e. The van der Waals surface area contributed by atoms with Gasteiger partial charge in [0.1, 0.15) is 22.8 Å². The minimum Gasteiger partial charge on any atom is -0.493 e. The number of aromatic nitrogens is 7. The van der Waals surface area contributed by atoms with Crippen molar-refractivity contribution in [2.45, 2.75) is 6.54 Å². The first-order valence-corrected chi connectivity index (χ1v) is 10.5. The van der Waals surface area contributed by atoms with E-state index in [0.29, 0.717) is 22.7 Å². The molecule has 1 N–H and O–H groups in total. The van der Waals surface area contributed by atoms with Crippen LogP contribution in [0.25, 0.3) is 22.4 Å². The average Bonchev–Trinajstić information content (AvgIpc) is 3.55. The molecule has 0 fully saturated rings. The topological polar surface area (TPSA) is 107 Å². The number of pyridine rings is 1. The van der Waals surface area contributed by atoms with Crippen LogP contribution < -0.4 is 14.4 Å². The molecule has 0 amide bonds. The molecule has 10 nitrogen and oxygen atoms in total. The fourth-order valence-corrected chi connectivity index (χ4v) is 3.65. The third-order valence-electron chi connectivity index (χ3n) is 5.35. The first-order valence-electron chi connectivity index (χ1n) is 10.5. The minimum absolute atomic E-state index is 0.0224. The lowest BCUT2D eigenvalue weighted by molar-refractivity contribution is 0.358. The molecule has 1 aromatic carbocycles. The molecule has 0 spiro atoms. The van der Waals surface area contributed by atoms with E-state index in [1.807, 2.05) is 0 Å². The van der Waals surface area contributed by atoms with E-state index in [1.165, 1.54) is 19.1 Å². The van der Waals surface area contributed by atoms with Crippen LogP contribution in [-0.4, -0.2) is 48.9 Å². The number of fused-ring (bicyclic) bond motifs is 1. The third kappa shape index (κ3) is 4.09. The van der Waals surface area contributed by atoms with Gasteiger partial charge in [0.2, 0.25) is 0 Å². The van der Waals surface area contributed by atoms with E-state index in [4.69, 9.17) is 9.47 Å². The molecule has 0 atom stereocenters. The lowest BCUT2D eigenvalue weighted by atomic mass is 10.2. The Labute approximate surface area is 198 Å². The number of hydrogen-bond acceptors (Lipinski definition) is 8. The van der Waals surface area contributed by atoms with Crippen molar-refractivity contribution in [3.8, 4) is 22.8 Å². The lowest BCUT2D eigenvalue weighted by Gasteiger charge is -2.25. The van der Waals surface area contributed by atoms with Crippen molar-refractivity contribution in [1.29, 1.82) is 0 Å². The zero-order valence-electron chi connectivity index (χ0n) is 19.0. The lowest BCUT2D eigenvalue weighted by Crippen LogP contribution is -2.22. The molecule has 0 aliphatic heterocycles. The molecule has 0 radical (unpaired) electrons. The van der Waals surface area contributed by atoms with Crippen molar-refractivity contribution in [1.82, 2.24) is 34.7 Å². The van der Waals surface area contributed by atoms with Gasteiger partial charge in [-0.2, -0.15) is 5.10 Å². The summed E-state index contributed by atoms with van der Waals surface area (Å²) in [5.41, 5.74) is 1.73. The molecule has 0 bridgehead atoms. The maximum Gasteiger partial charge on any atom is 0.191 e. The van der Waals surface area contributed by atoms with Crippen molar-refractivity contribution in [3.05, 3.63) is 66.6 Å². The van der Waals surface area contributed by atoms with Crippen LogP contribution in [0.5, 0.6) is 11.5 Å². The maximum atomic E-state index is 15.5. The molecule has 0 saturated heterocycles. The van der Waals surface area contributed by atoms with Crippen LogP contribution in [0.1, 0.15) is 5.82 Å². The van der Waals surface area contributed by atoms with Gasteiger partial charge in [-0.15, -0.1) is 0 Å².